The fourth-order valence-electron chi connectivity index (χ4n) is 2.55. The van der Waals surface area contributed by atoms with Gasteiger partial charge < -0.3 is 15.2 Å². The second-order valence-corrected chi connectivity index (χ2v) is 6.75. The van der Waals surface area contributed by atoms with Gasteiger partial charge >= 0.3 is 0 Å². The first-order chi connectivity index (χ1) is 13.6. The highest BCUT2D eigenvalue weighted by molar-refractivity contribution is 5.91. The Labute approximate surface area is 164 Å². The molecule has 0 saturated heterocycles. The quantitative estimate of drug-likeness (QED) is 0.391. The Morgan fingerprint density at radius 1 is 1.14 bits per heavy atom. The molecule has 0 amide bonds. The summed E-state index contributed by atoms with van der Waals surface area (Å²) in [6.45, 7) is 4.82. The molecule has 0 aliphatic carbocycles. The van der Waals surface area contributed by atoms with Crippen LogP contribution in [0.15, 0.2) is 59.8 Å². The number of aromatic nitrogens is 2. The zero-order valence-electron chi connectivity index (χ0n) is 16.0. The molecule has 28 heavy (non-hydrogen) atoms. The van der Waals surface area contributed by atoms with Gasteiger partial charge in [-0.15, -0.1) is 5.10 Å². The number of rotatable bonds is 9. The summed E-state index contributed by atoms with van der Waals surface area (Å²) in [5.41, 5.74) is 3.85. The molecule has 3 rings (SSSR count). The van der Waals surface area contributed by atoms with Gasteiger partial charge in [0.15, 0.2) is 5.82 Å². The van der Waals surface area contributed by atoms with E-state index in [4.69, 9.17) is 4.74 Å². The first-order valence-corrected chi connectivity index (χ1v) is 9.25. The number of ether oxygens (including phenoxy) is 1. The molecule has 0 saturated carbocycles. The van der Waals surface area contributed by atoms with Gasteiger partial charge in [0.2, 0.25) is 0 Å². The van der Waals surface area contributed by atoms with Crippen LogP contribution in [0.4, 0.5) is 5.82 Å². The normalized spacial score (nSPS) is 12.6. The Morgan fingerprint density at radius 3 is 2.71 bits per heavy atom. The van der Waals surface area contributed by atoms with E-state index in [1.165, 1.54) is 0 Å². The molecule has 146 valence electrons. The van der Waals surface area contributed by atoms with Gasteiger partial charge in [0.25, 0.3) is 0 Å². The number of hydrazone groups is 1. The van der Waals surface area contributed by atoms with Crippen molar-refractivity contribution in [2.24, 2.45) is 5.10 Å². The zero-order chi connectivity index (χ0) is 19.8. The number of aliphatic hydroxyl groups is 1. The van der Waals surface area contributed by atoms with E-state index in [2.05, 4.69) is 26.0 Å². The van der Waals surface area contributed by atoms with Crippen LogP contribution in [-0.4, -0.2) is 46.8 Å². The molecule has 1 unspecified atom stereocenters. The van der Waals surface area contributed by atoms with Crippen LogP contribution in [0.1, 0.15) is 19.4 Å². The largest absolute Gasteiger partial charge is 0.491 e. The third kappa shape index (κ3) is 5.73. The summed E-state index contributed by atoms with van der Waals surface area (Å²) < 4.78 is 5.61. The highest BCUT2D eigenvalue weighted by Gasteiger charge is 2.06. The van der Waals surface area contributed by atoms with E-state index in [1.54, 1.807) is 12.4 Å². The highest BCUT2D eigenvalue weighted by atomic mass is 16.5. The van der Waals surface area contributed by atoms with Crippen LogP contribution in [0.3, 0.4) is 0 Å². The summed E-state index contributed by atoms with van der Waals surface area (Å²) in [5, 5.41) is 27.3. The third-order valence-corrected chi connectivity index (χ3v) is 4.04. The molecule has 7 nitrogen and oxygen atoms in total. The second-order valence-electron chi connectivity index (χ2n) is 6.75. The standard InChI is InChI=1S/C21H25N5O2/c1-15(2)22-13-18(27)14-28-19-9-7-16(8-10-19)11-23-25-21-20-6-4-3-5-17(20)12-24-26-21/h3-12,15,18,22,27H,13-14H2,1-2H3,(H,25,26)/b23-11+. The van der Waals surface area contributed by atoms with Crippen LogP contribution in [0.5, 0.6) is 5.75 Å². The molecular formula is C21H25N5O2. The van der Waals surface area contributed by atoms with E-state index in [-0.39, 0.29) is 6.61 Å². The van der Waals surface area contributed by atoms with Crippen LogP contribution in [-0.2, 0) is 0 Å². The Hall–Kier alpha value is -3.03. The Morgan fingerprint density at radius 2 is 1.93 bits per heavy atom. The van der Waals surface area contributed by atoms with Gasteiger partial charge in [-0.1, -0.05) is 38.1 Å². The number of nitrogens with zero attached hydrogens (tertiary/aromatic N) is 3. The SMILES string of the molecule is CC(C)NCC(O)COc1ccc(/C=N/Nc2nncc3ccccc23)cc1. The fourth-order valence-corrected chi connectivity index (χ4v) is 2.55. The molecule has 0 aliphatic heterocycles. The van der Waals surface area contributed by atoms with Gasteiger partial charge in [-0.2, -0.15) is 10.2 Å². The predicted molar refractivity (Wildman–Crippen MR) is 112 cm³/mol. The maximum atomic E-state index is 9.89. The molecule has 0 radical (unpaired) electrons. The van der Waals surface area contributed by atoms with E-state index in [9.17, 15) is 5.11 Å². The number of hydrogen-bond donors (Lipinski definition) is 3. The van der Waals surface area contributed by atoms with Crippen LogP contribution in [0.25, 0.3) is 10.8 Å². The molecular weight excluding hydrogens is 354 g/mol. The lowest BCUT2D eigenvalue weighted by atomic mass is 10.2. The minimum Gasteiger partial charge on any atom is -0.491 e. The van der Waals surface area contributed by atoms with Crippen LogP contribution in [0.2, 0.25) is 0 Å². The topological polar surface area (TPSA) is 91.7 Å². The Bertz CT molecular complexity index is 907. The summed E-state index contributed by atoms with van der Waals surface area (Å²) in [7, 11) is 0. The zero-order valence-corrected chi connectivity index (χ0v) is 16.0. The van der Waals surface area contributed by atoms with E-state index in [0.29, 0.717) is 24.2 Å². The van der Waals surface area contributed by atoms with Crippen molar-refractivity contribution in [2.45, 2.75) is 26.0 Å². The molecule has 0 bridgehead atoms. The summed E-state index contributed by atoms with van der Waals surface area (Å²) in [4.78, 5) is 0. The summed E-state index contributed by atoms with van der Waals surface area (Å²) in [5.74, 6) is 1.31. The van der Waals surface area contributed by atoms with E-state index < -0.39 is 6.10 Å². The van der Waals surface area contributed by atoms with Crippen molar-refractivity contribution in [1.29, 1.82) is 0 Å². The van der Waals surface area contributed by atoms with Crippen molar-refractivity contribution in [1.82, 2.24) is 15.5 Å². The molecule has 0 fully saturated rings. The van der Waals surface area contributed by atoms with E-state index >= 15 is 0 Å². The van der Waals surface area contributed by atoms with Crippen molar-refractivity contribution in [3.05, 3.63) is 60.3 Å². The molecule has 1 heterocycles. The minimum atomic E-state index is -0.547. The molecule has 7 heteroatoms. The predicted octanol–water partition coefficient (Wildman–Crippen LogP) is 2.81. The number of fused-ring (bicyclic) bond motifs is 1. The van der Waals surface area contributed by atoms with Crippen LogP contribution in [0, 0.1) is 0 Å². The minimum absolute atomic E-state index is 0.245. The molecule has 3 N–H and O–H groups in total. The van der Waals surface area contributed by atoms with E-state index in [0.717, 1.165) is 16.3 Å². The number of benzene rings is 2. The molecule has 0 spiro atoms. The summed E-state index contributed by atoms with van der Waals surface area (Å²) >= 11 is 0. The molecule has 1 aromatic heterocycles. The number of hydrogen-bond acceptors (Lipinski definition) is 7. The maximum Gasteiger partial charge on any atom is 0.176 e. The number of aliphatic hydroxyl groups excluding tert-OH is 1. The van der Waals surface area contributed by atoms with Crippen molar-refractivity contribution < 1.29 is 9.84 Å². The molecule has 3 aromatic rings. The first-order valence-electron chi connectivity index (χ1n) is 9.25. The lowest BCUT2D eigenvalue weighted by Gasteiger charge is -2.15. The van der Waals surface area contributed by atoms with Gasteiger partial charge in [-0.05, 0) is 29.8 Å². The average molecular weight is 379 g/mol. The summed E-state index contributed by atoms with van der Waals surface area (Å²) in [6, 6.07) is 15.7. The molecule has 0 aliphatic rings. The Balaban J connectivity index is 1.52. The number of nitrogens with one attached hydrogen (secondary N) is 2. The van der Waals surface area contributed by atoms with Crippen LogP contribution >= 0.6 is 0 Å². The lowest BCUT2D eigenvalue weighted by Crippen LogP contribution is -2.35. The first kappa shape index (κ1) is 19.7. The van der Waals surface area contributed by atoms with Gasteiger partial charge in [-0.25, -0.2) is 0 Å². The van der Waals surface area contributed by atoms with Gasteiger partial charge in [-0.3, -0.25) is 5.43 Å². The van der Waals surface area contributed by atoms with Crippen molar-refractivity contribution in [3.63, 3.8) is 0 Å². The number of anilines is 1. The van der Waals surface area contributed by atoms with Gasteiger partial charge in [0, 0.05) is 23.4 Å². The summed E-state index contributed by atoms with van der Waals surface area (Å²) in [6.07, 6.45) is 2.88. The van der Waals surface area contributed by atoms with E-state index in [1.807, 2.05) is 62.4 Å². The third-order valence-electron chi connectivity index (χ3n) is 4.04. The Kier molecular flexibility index (Phi) is 6.89. The average Bonchev–Trinajstić information content (AvgIpc) is 2.72. The second kappa shape index (κ2) is 9.77. The van der Waals surface area contributed by atoms with Gasteiger partial charge in [0.1, 0.15) is 18.5 Å². The lowest BCUT2D eigenvalue weighted by molar-refractivity contribution is 0.104. The van der Waals surface area contributed by atoms with Crippen molar-refractivity contribution >= 4 is 22.8 Å². The monoisotopic (exact) mass is 379 g/mol. The smallest absolute Gasteiger partial charge is 0.176 e. The van der Waals surface area contributed by atoms with Crippen molar-refractivity contribution in [3.8, 4) is 5.75 Å². The van der Waals surface area contributed by atoms with Crippen molar-refractivity contribution in [2.75, 3.05) is 18.6 Å². The van der Waals surface area contributed by atoms with Crippen LogP contribution < -0.4 is 15.5 Å². The molecule has 1 atom stereocenters. The molecule has 2 aromatic carbocycles. The maximum absolute atomic E-state index is 9.89. The highest BCUT2D eigenvalue weighted by Crippen LogP contribution is 2.19. The fraction of sp³-hybridized carbons (Fsp3) is 0.286. The van der Waals surface area contributed by atoms with Gasteiger partial charge in [0.05, 0.1) is 12.4 Å².